The normalized spacial score (nSPS) is 22.5. The molecule has 2 fully saturated rings. The number of nitrogens with zero attached hydrogens (tertiary/aromatic N) is 1. The molecule has 3 rings (SSSR count). The quantitative estimate of drug-likeness (QED) is 0.870. The number of carbonyl (C=O) groups excluding carboxylic acids is 1. The summed E-state index contributed by atoms with van der Waals surface area (Å²) in [5.74, 6) is 0.267. The van der Waals surface area contributed by atoms with Crippen LogP contribution in [0.4, 0.5) is 4.39 Å². The Morgan fingerprint density at radius 2 is 2.17 bits per heavy atom. The molecule has 0 spiro atoms. The minimum atomic E-state index is -0.315. The first-order valence-corrected chi connectivity index (χ1v) is 8.99. The van der Waals surface area contributed by atoms with Crippen molar-refractivity contribution >= 4 is 5.91 Å². The van der Waals surface area contributed by atoms with Crippen LogP contribution in [0.5, 0.6) is 0 Å². The highest BCUT2D eigenvalue weighted by Crippen LogP contribution is 2.29. The maximum Gasteiger partial charge on any atom is 0.254 e. The summed E-state index contributed by atoms with van der Waals surface area (Å²) in [5, 5.41) is 0. The topological polar surface area (TPSA) is 55.6 Å². The molecule has 1 heterocycles. The Balaban J connectivity index is 1.70. The number of likely N-dealkylation sites (tertiary alicyclic amines) is 1. The van der Waals surface area contributed by atoms with Crippen molar-refractivity contribution in [2.45, 2.75) is 57.7 Å². The van der Waals surface area contributed by atoms with Gasteiger partial charge in [-0.15, -0.1) is 0 Å². The van der Waals surface area contributed by atoms with Crippen molar-refractivity contribution in [2.75, 3.05) is 13.2 Å². The van der Waals surface area contributed by atoms with E-state index in [0.717, 1.165) is 25.8 Å². The summed E-state index contributed by atoms with van der Waals surface area (Å²) in [6.45, 7) is 3.56. The summed E-state index contributed by atoms with van der Waals surface area (Å²) in [5.41, 5.74) is 7.03. The van der Waals surface area contributed by atoms with Crippen LogP contribution in [0.1, 0.15) is 54.9 Å². The number of halogens is 1. The summed E-state index contributed by atoms with van der Waals surface area (Å²) in [4.78, 5) is 14.7. The molecule has 2 unspecified atom stereocenters. The molecule has 1 saturated carbocycles. The average Bonchev–Trinajstić information content (AvgIpc) is 3.40. The zero-order valence-corrected chi connectivity index (χ0v) is 14.3. The number of nitrogens with two attached hydrogens (primary N) is 1. The van der Waals surface area contributed by atoms with E-state index in [4.69, 9.17) is 10.5 Å². The van der Waals surface area contributed by atoms with Gasteiger partial charge in [-0.05, 0) is 63.1 Å². The van der Waals surface area contributed by atoms with Crippen LogP contribution >= 0.6 is 0 Å². The second-order valence-corrected chi connectivity index (χ2v) is 7.19. The fraction of sp³-hybridized carbons (Fsp3) is 0.632. The number of amides is 1. The van der Waals surface area contributed by atoms with E-state index in [1.165, 1.54) is 18.9 Å². The third kappa shape index (κ3) is 4.14. The Morgan fingerprint density at radius 1 is 1.38 bits per heavy atom. The van der Waals surface area contributed by atoms with E-state index in [1.807, 2.05) is 11.8 Å². The molecule has 1 saturated heterocycles. The Bertz CT molecular complexity index is 587. The Morgan fingerprint density at radius 3 is 2.88 bits per heavy atom. The van der Waals surface area contributed by atoms with Gasteiger partial charge in [0.25, 0.3) is 5.91 Å². The average molecular weight is 334 g/mol. The minimum absolute atomic E-state index is 0.0551. The first-order chi connectivity index (χ1) is 11.6. The molecule has 132 valence electrons. The van der Waals surface area contributed by atoms with Crippen molar-refractivity contribution in [3.05, 3.63) is 35.1 Å². The minimum Gasteiger partial charge on any atom is -0.376 e. The van der Waals surface area contributed by atoms with Crippen LogP contribution in [0.25, 0.3) is 0 Å². The predicted octanol–water partition coefficient (Wildman–Crippen LogP) is 3.09. The molecule has 1 aromatic carbocycles. The van der Waals surface area contributed by atoms with E-state index in [2.05, 4.69) is 0 Å². The van der Waals surface area contributed by atoms with Gasteiger partial charge in [-0.2, -0.15) is 0 Å². The monoisotopic (exact) mass is 334 g/mol. The zero-order chi connectivity index (χ0) is 17.1. The summed E-state index contributed by atoms with van der Waals surface area (Å²) in [6.07, 6.45) is 5.43. The van der Waals surface area contributed by atoms with E-state index >= 15 is 0 Å². The van der Waals surface area contributed by atoms with Gasteiger partial charge in [0.05, 0.1) is 6.61 Å². The van der Waals surface area contributed by atoms with Crippen molar-refractivity contribution < 1.29 is 13.9 Å². The van der Waals surface area contributed by atoms with Gasteiger partial charge in [-0.1, -0.05) is 0 Å². The molecule has 0 bridgehead atoms. The van der Waals surface area contributed by atoms with E-state index < -0.39 is 0 Å². The van der Waals surface area contributed by atoms with Gasteiger partial charge in [0.2, 0.25) is 0 Å². The molecule has 1 amide bonds. The van der Waals surface area contributed by atoms with Crippen LogP contribution in [0.2, 0.25) is 0 Å². The number of rotatable bonds is 6. The number of ether oxygens (including phenoxy) is 1. The molecule has 0 radical (unpaired) electrons. The molecule has 5 heteroatoms. The van der Waals surface area contributed by atoms with E-state index in [-0.39, 0.29) is 30.4 Å². The van der Waals surface area contributed by atoms with Gasteiger partial charge in [0.15, 0.2) is 0 Å². The number of benzene rings is 1. The van der Waals surface area contributed by atoms with Crippen molar-refractivity contribution in [1.29, 1.82) is 0 Å². The van der Waals surface area contributed by atoms with Gasteiger partial charge >= 0.3 is 0 Å². The standard InChI is InChI=1S/C19H27FN2O2/c1-13(21)18-4-2-3-9-22(18)19(23)15-7-8-17(20)16(10-15)12-24-11-14-5-6-14/h7-8,10,13-14,18H,2-6,9,11-12,21H2,1H3. The van der Waals surface area contributed by atoms with Crippen molar-refractivity contribution in [3.63, 3.8) is 0 Å². The van der Waals surface area contributed by atoms with Crippen LogP contribution in [-0.4, -0.2) is 36.0 Å². The fourth-order valence-corrected chi connectivity index (χ4v) is 3.36. The van der Waals surface area contributed by atoms with E-state index in [0.29, 0.717) is 23.7 Å². The number of carbonyl (C=O) groups is 1. The van der Waals surface area contributed by atoms with Gasteiger partial charge in [0, 0.05) is 36.4 Å². The lowest BCUT2D eigenvalue weighted by Gasteiger charge is -2.38. The third-order valence-electron chi connectivity index (χ3n) is 5.02. The highest BCUT2D eigenvalue weighted by molar-refractivity contribution is 5.94. The largest absolute Gasteiger partial charge is 0.376 e. The molecule has 1 aliphatic heterocycles. The molecule has 24 heavy (non-hydrogen) atoms. The van der Waals surface area contributed by atoms with Crippen LogP contribution in [-0.2, 0) is 11.3 Å². The van der Waals surface area contributed by atoms with Crippen LogP contribution in [0.3, 0.4) is 0 Å². The Hall–Kier alpha value is -1.46. The predicted molar refractivity (Wildman–Crippen MR) is 91.1 cm³/mol. The second kappa shape index (κ2) is 7.62. The first kappa shape index (κ1) is 17.4. The Kier molecular flexibility index (Phi) is 5.51. The lowest BCUT2D eigenvalue weighted by atomic mass is 9.95. The molecular formula is C19H27FN2O2. The molecule has 2 aliphatic rings. The Labute approximate surface area is 143 Å². The number of piperidine rings is 1. The third-order valence-corrected chi connectivity index (χ3v) is 5.02. The summed E-state index contributed by atoms with van der Waals surface area (Å²) >= 11 is 0. The molecule has 1 aromatic rings. The molecule has 0 aromatic heterocycles. The lowest BCUT2D eigenvalue weighted by molar-refractivity contribution is 0.0583. The maximum absolute atomic E-state index is 14.0. The molecular weight excluding hydrogens is 307 g/mol. The lowest BCUT2D eigenvalue weighted by Crippen LogP contribution is -2.51. The molecule has 2 atom stereocenters. The zero-order valence-electron chi connectivity index (χ0n) is 14.3. The van der Waals surface area contributed by atoms with Crippen LogP contribution in [0, 0.1) is 11.7 Å². The number of hydrogen-bond donors (Lipinski definition) is 1. The van der Waals surface area contributed by atoms with E-state index in [1.54, 1.807) is 12.1 Å². The highest BCUT2D eigenvalue weighted by Gasteiger charge is 2.30. The first-order valence-electron chi connectivity index (χ1n) is 8.99. The maximum atomic E-state index is 14.0. The molecule has 2 N–H and O–H groups in total. The SMILES string of the molecule is CC(N)C1CCCCN1C(=O)c1ccc(F)c(COCC2CC2)c1. The summed E-state index contributed by atoms with van der Waals surface area (Å²) < 4.78 is 19.6. The van der Waals surface area contributed by atoms with Crippen LogP contribution < -0.4 is 5.73 Å². The van der Waals surface area contributed by atoms with Crippen molar-refractivity contribution in [3.8, 4) is 0 Å². The highest BCUT2D eigenvalue weighted by atomic mass is 19.1. The second-order valence-electron chi connectivity index (χ2n) is 7.19. The van der Waals surface area contributed by atoms with E-state index in [9.17, 15) is 9.18 Å². The number of hydrogen-bond acceptors (Lipinski definition) is 3. The fourth-order valence-electron chi connectivity index (χ4n) is 3.36. The molecule has 4 nitrogen and oxygen atoms in total. The smallest absolute Gasteiger partial charge is 0.254 e. The summed E-state index contributed by atoms with van der Waals surface area (Å²) in [7, 11) is 0. The summed E-state index contributed by atoms with van der Waals surface area (Å²) in [6, 6.07) is 4.57. The van der Waals surface area contributed by atoms with Crippen molar-refractivity contribution in [1.82, 2.24) is 4.90 Å². The van der Waals surface area contributed by atoms with Gasteiger partial charge < -0.3 is 15.4 Å². The van der Waals surface area contributed by atoms with Gasteiger partial charge in [-0.25, -0.2) is 4.39 Å². The van der Waals surface area contributed by atoms with Crippen molar-refractivity contribution in [2.24, 2.45) is 11.7 Å². The van der Waals surface area contributed by atoms with Crippen LogP contribution in [0.15, 0.2) is 18.2 Å². The van der Waals surface area contributed by atoms with Gasteiger partial charge in [0.1, 0.15) is 5.82 Å². The van der Waals surface area contributed by atoms with Gasteiger partial charge in [-0.3, -0.25) is 4.79 Å². The molecule has 1 aliphatic carbocycles.